The van der Waals surface area contributed by atoms with Crippen LogP contribution in [0.1, 0.15) is 72.2 Å². The van der Waals surface area contributed by atoms with Crippen LogP contribution in [0.3, 0.4) is 0 Å². The Bertz CT molecular complexity index is 1410. The van der Waals surface area contributed by atoms with E-state index in [-0.39, 0.29) is 11.9 Å². The van der Waals surface area contributed by atoms with Gasteiger partial charge in [0.15, 0.2) is 0 Å². The van der Waals surface area contributed by atoms with Crippen molar-refractivity contribution in [3.8, 4) is 17.2 Å². The van der Waals surface area contributed by atoms with Crippen molar-refractivity contribution in [2.24, 2.45) is 0 Å². The number of hydrogen-bond donors (Lipinski definition) is 1. The second kappa shape index (κ2) is 12.3. The van der Waals surface area contributed by atoms with Crippen LogP contribution in [0.15, 0.2) is 66.7 Å². The number of methoxy groups -OCH3 is 2. The molecule has 1 aliphatic rings. The van der Waals surface area contributed by atoms with Gasteiger partial charge in [-0.1, -0.05) is 50.8 Å². The van der Waals surface area contributed by atoms with E-state index in [0.717, 1.165) is 52.3 Å². The number of carbonyl (C=O) groups excluding carboxylic acids is 1. The fourth-order valence-electron chi connectivity index (χ4n) is 5.58. The van der Waals surface area contributed by atoms with Crippen molar-refractivity contribution < 1.29 is 19.0 Å². The summed E-state index contributed by atoms with van der Waals surface area (Å²) in [6, 6.07) is 21.3. The number of aromatic amines is 1. The van der Waals surface area contributed by atoms with E-state index in [9.17, 15) is 4.79 Å². The highest BCUT2D eigenvalue weighted by Crippen LogP contribution is 2.42. The molecule has 0 unspecified atom stereocenters. The third-order valence-corrected chi connectivity index (χ3v) is 7.65. The molecule has 1 aromatic heterocycles. The summed E-state index contributed by atoms with van der Waals surface area (Å²) in [5, 5.41) is 1.13. The molecule has 1 aliphatic heterocycles. The number of ether oxygens (including phenoxy) is 3. The number of hydrogen-bond acceptors (Lipinski definition) is 4. The number of unbranched alkanes of at least 4 members (excludes halogenated alkanes) is 4. The molecule has 4 aromatic rings. The zero-order chi connectivity index (χ0) is 27.2. The molecule has 0 radical (unpaired) electrons. The minimum atomic E-state index is -0.310. The molecule has 2 heterocycles. The normalized spacial score (nSPS) is 14.7. The highest BCUT2D eigenvalue weighted by molar-refractivity contribution is 5.96. The van der Waals surface area contributed by atoms with Crippen LogP contribution in [0.2, 0.25) is 0 Å². The number of H-pyrrole nitrogens is 1. The number of aromatic nitrogens is 1. The Kier molecular flexibility index (Phi) is 8.40. The second-order valence-corrected chi connectivity index (χ2v) is 10.1. The summed E-state index contributed by atoms with van der Waals surface area (Å²) in [7, 11) is 3.36. The molecule has 0 saturated heterocycles. The number of amides is 1. The lowest BCUT2D eigenvalue weighted by molar-refractivity contribution is 0.0690. The Morgan fingerprint density at radius 2 is 1.69 bits per heavy atom. The van der Waals surface area contributed by atoms with Gasteiger partial charge in [0.25, 0.3) is 5.91 Å². The van der Waals surface area contributed by atoms with Gasteiger partial charge in [0.1, 0.15) is 23.3 Å². The van der Waals surface area contributed by atoms with E-state index >= 15 is 0 Å². The molecule has 0 bridgehead atoms. The summed E-state index contributed by atoms with van der Waals surface area (Å²) in [6.07, 6.45) is 6.75. The molecule has 6 heteroatoms. The summed E-state index contributed by atoms with van der Waals surface area (Å²) in [4.78, 5) is 19.6. The maximum Gasteiger partial charge on any atom is 0.254 e. The number of nitrogens with one attached hydrogen (secondary N) is 1. The Morgan fingerprint density at radius 1 is 0.923 bits per heavy atom. The number of nitrogens with zero attached hydrogens (tertiary/aromatic N) is 1. The zero-order valence-electron chi connectivity index (χ0n) is 23.2. The molecule has 3 aromatic carbocycles. The largest absolute Gasteiger partial charge is 0.497 e. The monoisotopic (exact) mass is 526 g/mol. The van der Waals surface area contributed by atoms with Crippen molar-refractivity contribution in [1.29, 1.82) is 0 Å². The molecule has 0 fully saturated rings. The predicted molar refractivity (Wildman–Crippen MR) is 155 cm³/mol. The SMILES string of the molecule is CCCCCCCOc1ccc(C(=O)N2CCc3c([nH]c4ccc(OC)cc34)[C@@H]2c2ccccc2OC)cc1. The van der Waals surface area contributed by atoms with E-state index in [1.807, 2.05) is 65.6 Å². The first-order valence-electron chi connectivity index (χ1n) is 14.0. The summed E-state index contributed by atoms with van der Waals surface area (Å²) >= 11 is 0. The fourth-order valence-corrected chi connectivity index (χ4v) is 5.58. The van der Waals surface area contributed by atoms with E-state index in [1.54, 1.807) is 14.2 Å². The highest BCUT2D eigenvalue weighted by Gasteiger charge is 2.36. The van der Waals surface area contributed by atoms with Gasteiger partial charge in [-0.05, 0) is 66.9 Å². The van der Waals surface area contributed by atoms with Crippen LogP contribution in [-0.2, 0) is 6.42 Å². The van der Waals surface area contributed by atoms with Crippen LogP contribution in [0.4, 0.5) is 0 Å². The zero-order valence-corrected chi connectivity index (χ0v) is 23.2. The van der Waals surface area contributed by atoms with Gasteiger partial charge in [0, 0.05) is 34.3 Å². The number of benzene rings is 3. The highest BCUT2D eigenvalue weighted by atomic mass is 16.5. The van der Waals surface area contributed by atoms with Crippen molar-refractivity contribution >= 4 is 16.8 Å². The van der Waals surface area contributed by atoms with Crippen molar-refractivity contribution in [2.45, 2.75) is 51.5 Å². The van der Waals surface area contributed by atoms with E-state index in [1.165, 1.54) is 31.2 Å². The van der Waals surface area contributed by atoms with E-state index < -0.39 is 0 Å². The molecule has 1 amide bonds. The molecular weight excluding hydrogens is 488 g/mol. The van der Waals surface area contributed by atoms with E-state index in [4.69, 9.17) is 14.2 Å². The van der Waals surface area contributed by atoms with Crippen molar-refractivity contribution in [3.05, 3.63) is 89.1 Å². The van der Waals surface area contributed by atoms with Gasteiger partial charge in [0.2, 0.25) is 0 Å². The molecule has 39 heavy (non-hydrogen) atoms. The van der Waals surface area contributed by atoms with Gasteiger partial charge in [-0.25, -0.2) is 0 Å². The molecule has 5 rings (SSSR count). The lowest BCUT2D eigenvalue weighted by atomic mass is 9.91. The Balaban J connectivity index is 1.43. The average Bonchev–Trinajstić information content (AvgIpc) is 3.36. The molecule has 1 atom stereocenters. The van der Waals surface area contributed by atoms with Gasteiger partial charge in [-0.3, -0.25) is 4.79 Å². The number of fused-ring (bicyclic) bond motifs is 3. The van der Waals surface area contributed by atoms with Crippen LogP contribution in [0, 0.1) is 0 Å². The quantitative estimate of drug-likeness (QED) is 0.208. The molecule has 204 valence electrons. The first-order valence-corrected chi connectivity index (χ1v) is 14.0. The first-order chi connectivity index (χ1) is 19.1. The summed E-state index contributed by atoms with van der Waals surface area (Å²) < 4.78 is 17.2. The molecule has 6 nitrogen and oxygen atoms in total. The van der Waals surface area contributed by atoms with Crippen LogP contribution in [-0.4, -0.2) is 43.2 Å². The van der Waals surface area contributed by atoms with Crippen molar-refractivity contribution in [3.63, 3.8) is 0 Å². The molecule has 0 saturated carbocycles. The standard InChI is InChI=1S/C33H38N2O4/c1-4-5-6-7-10-21-39-24-15-13-23(14-16-24)33(36)35-20-19-26-28-22-25(37-2)17-18-29(28)34-31(26)32(35)27-11-8-9-12-30(27)38-3/h8-9,11-18,22,32,34H,4-7,10,19-21H2,1-3H3/t32-/m0/s1. The summed E-state index contributed by atoms with van der Waals surface area (Å²) in [5.74, 6) is 2.36. The number of carbonyl (C=O) groups is 1. The lowest BCUT2D eigenvalue weighted by Gasteiger charge is -2.37. The third-order valence-electron chi connectivity index (χ3n) is 7.65. The minimum absolute atomic E-state index is 0.0149. The van der Waals surface area contributed by atoms with Crippen LogP contribution >= 0.6 is 0 Å². The van der Waals surface area contributed by atoms with Gasteiger partial charge < -0.3 is 24.1 Å². The predicted octanol–water partition coefficient (Wildman–Crippen LogP) is 7.32. The second-order valence-electron chi connectivity index (χ2n) is 10.1. The molecule has 1 N–H and O–H groups in total. The molecule has 0 aliphatic carbocycles. The Labute approximate surface area is 230 Å². The lowest BCUT2D eigenvalue weighted by Crippen LogP contribution is -2.40. The smallest absolute Gasteiger partial charge is 0.254 e. The van der Waals surface area contributed by atoms with E-state index in [0.29, 0.717) is 18.7 Å². The van der Waals surface area contributed by atoms with Crippen molar-refractivity contribution in [1.82, 2.24) is 9.88 Å². The summed E-state index contributed by atoms with van der Waals surface area (Å²) in [5.41, 5.74) is 4.87. The molecule has 0 spiro atoms. The topological polar surface area (TPSA) is 63.8 Å². The van der Waals surface area contributed by atoms with E-state index in [2.05, 4.69) is 18.0 Å². The van der Waals surface area contributed by atoms with Crippen LogP contribution < -0.4 is 14.2 Å². The van der Waals surface area contributed by atoms with Gasteiger partial charge in [-0.15, -0.1) is 0 Å². The maximum absolute atomic E-state index is 14.0. The molecular formula is C33H38N2O4. The van der Waals surface area contributed by atoms with Crippen LogP contribution in [0.25, 0.3) is 10.9 Å². The van der Waals surface area contributed by atoms with Crippen LogP contribution in [0.5, 0.6) is 17.2 Å². The number of para-hydroxylation sites is 1. The maximum atomic E-state index is 14.0. The van der Waals surface area contributed by atoms with Gasteiger partial charge >= 0.3 is 0 Å². The third kappa shape index (κ3) is 5.60. The van der Waals surface area contributed by atoms with Crippen molar-refractivity contribution in [2.75, 3.05) is 27.4 Å². The fraction of sp³-hybridized carbons (Fsp3) is 0.364. The summed E-state index contributed by atoms with van der Waals surface area (Å²) in [6.45, 7) is 3.51. The van der Waals surface area contributed by atoms with Gasteiger partial charge in [-0.2, -0.15) is 0 Å². The Hall–Kier alpha value is -3.93. The first kappa shape index (κ1) is 26.7. The minimum Gasteiger partial charge on any atom is -0.497 e. The Morgan fingerprint density at radius 3 is 2.46 bits per heavy atom. The average molecular weight is 527 g/mol. The number of rotatable bonds is 11. The van der Waals surface area contributed by atoms with Gasteiger partial charge in [0.05, 0.1) is 20.8 Å².